The van der Waals surface area contributed by atoms with Crippen LogP contribution in [0, 0.1) is 18.7 Å². The lowest BCUT2D eigenvalue weighted by atomic mass is 10.0. The van der Waals surface area contributed by atoms with Crippen LogP contribution in [0.3, 0.4) is 0 Å². The predicted octanol–water partition coefficient (Wildman–Crippen LogP) is 4.64. The Morgan fingerprint density at radius 3 is 2.85 bits per heavy atom. The lowest BCUT2D eigenvalue weighted by Crippen LogP contribution is -2.06. The summed E-state index contributed by atoms with van der Waals surface area (Å²) in [4.78, 5) is 19.9. The summed E-state index contributed by atoms with van der Waals surface area (Å²) < 4.78 is 24.9. The molecule has 0 atom stereocenters. The Morgan fingerprint density at radius 2 is 2.11 bits per heavy atom. The second kappa shape index (κ2) is 7.02. The molecule has 1 aliphatic carbocycles. The first kappa shape index (κ1) is 17.5. The van der Waals surface area contributed by atoms with Gasteiger partial charge in [0, 0.05) is 29.1 Å². The molecule has 140 valence electrons. The molecule has 3 aromatic rings. The van der Waals surface area contributed by atoms with Crippen molar-refractivity contribution in [3.05, 3.63) is 47.5 Å². The van der Waals surface area contributed by atoms with Gasteiger partial charge in [-0.25, -0.2) is 9.18 Å². The summed E-state index contributed by atoms with van der Waals surface area (Å²) in [6, 6.07) is 6.36. The molecule has 0 bridgehead atoms. The number of aromatic nitrogens is 2. The average Bonchev–Trinajstić information content (AvgIpc) is 3.40. The van der Waals surface area contributed by atoms with Gasteiger partial charge in [-0.3, -0.25) is 4.98 Å². The smallest absolute Gasteiger partial charge is 0.342 e. The van der Waals surface area contributed by atoms with Crippen molar-refractivity contribution < 1.29 is 18.7 Å². The van der Waals surface area contributed by atoms with Crippen LogP contribution in [-0.2, 0) is 4.74 Å². The summed E-state index contributed by atoms with van der Waals surface area (Å²) in [5.41, 5.74) is 3.94. The zero-order valence-electron chi connectivity index (χ0n) is 15.3. The number of H-pyrrole nitrogens is 1. The number of hydrogen-bond acceptors (Lipinski definition) is 4. The third kappa shape index (κ3) is 3.39. The molecule has 0 saturated heterocycles. The van der Waals surface area contributed by atoms with Crippen LogP contribution in [0.1, 0.15) is 35.8 Å². The fourth-order valence-corrected chi connectivity index (χ4v) is 3.21. The molecular weight excluding hydrogens is 347 g/mol. The molecule has 0 radical (unpaired) electrons. The normalized spacial score (nSPS) is 13.7. The van der Waals surface area contributed by atoms with Gasteiger partial charge in [0.1, 0.15) is 22.6 Å². The highest BCUT2D eigenvalue weighted by Gasteiger charge is 2.24. The van der Waals surface area contributed by atoms with Crippen LogP contribution in [0.2, 0.25) is 0 Å². The summed E-state index contributed by atoms with van der Waals surface area (Å²) >= 11 is 0. The highest BCUT2D eigenvalue weighted by atomic mass is 19.1. The van der Waals surface area contributed by atoms with Crippen LogP contribution in [0.15, 0.2) is 30.5 Å². The van der Waals surface area contributed by atoms with E-state index in [1.807, 2.05) is 13.0 Å². The van der Waals surface area contributed by atoms with Gasteiger partial charge in [-0.1, -0.05) is 0 Å². The van der Waals surface area contributed by atoms with E-state index in [-0.39, 0.29) is 5.82 Å². The van der Waals surface area contributed by atoms with Crippen molar-refractivity contribution in [2.45, 2.75) is 26.7 Å². The maximum Gasteiger partial charge on any atom is 0.342 e. The first-order valence-electron chi connectivity index (χ1n) is 9.15. The number of carbonyl (C=O) groups excluding carboxylic acids is 1. The number of hydrogen-bond donors (Lipinski definition) is 1. The summed E-state index contributed by atoms with van der Waals surface area (Å²) in [5, 5.41) is 0. The molecule has 4 rings (SSSR count). The van der Waals surface area contributed by atoms with Crippen molar-refractivity contribution in [1.82, 2.24) is 9.97 Å². The quantitative estimate of drug-likeness (QED) is 0.644. The minimum absolute atomic E-state index is 0.293. The van der Waals surface area contributed by atoms with Gasteiger partial charge >= 0.3 is 5.97 Å². The first-order chi connectivity index (χ1) is 13.1. The Hall–Kier alpha value is -2.89. The molecule has 2 heterocycles. The fourth-order valence-electron chi connectivity index (χ4n) is 3.21. The van der Waals surface area contributed by atoms with E-state index >= 15 is 0 Å². The number of nitrogens with zero attached hydrogens (tertiary/aromatic N) is 1. The van der Waals surface area contributed by atoms with Gasteiger partial charge in [0.25, 0.3) is 0 Å². The number of carbonyl (C=O) groups is 1. The zero-order chi connectivity index (χ0) is 19.0. The van der Waals surface area contributed by atoms with Gasteiger partial charge in [0.15, 0.2) is 0 Å². The van der Waals surface area contributed by atoms with Gasteiger partial charge in [0.2, 0.25) is 0 Å². The second-order valence-corrected chi connectivity index (χ2v) is 6.82. The molecule has 0 amide bonds. The first-order valence-corrected chi connectivity index (χ1v) is 9.15. The van der Waals surface area contributed by atoms with Crippen LogP contribution in [0.5, 0.6) is 5.75 Å². The number of aromatic amines is 1. The second-order valence-electron chi connectivity index (χ2n) is 6.82. The number of rotatable bonds is 6. The van der Waals surface area contributed by atoms with E-state index in [9.17, 15) is 9.18 Å². The van der Waals surface area contributed by atoms with E-state index < -0.39 is 5.97 Å². The van der Waals surface area contributed by atoms with Crippen LogP contribution >= 0.6 is 0 Å². The molecule has 6 heteroatoms. The SMILES string of the molecule is CCOC(=O)c1c(C)[nH]c2c(-c3ccc(F)cc3OCC3CC3)ccnc12. The largest absolute Gasteiger partial charge is 0.493 e. The van der Waals surface area contributed by atoms with Crippen molar-refractivity contribution >= 4 is 17.0 Å². The number of pyridine rings is 1. The van der Waals surface area contributed by atoms with E-state index in [4.69, 9.17) is 9.47 Å². The lowest BCUT2D eigenvalue weighted by molar-refractivity contribution is 0.0527. The minimum atomic E-state index is -0.407. The highest BCUT2D eigenvalue weighted by Crippen LogP contribution is 2.37. The number of halogens is 1. The molecule has 5 nitrogen and oxygen atoms in total. The summed E-state index contributed by atoms with van der Waals surface area (Å²) in [5.74, 6) is 0.306. The lowest BCUT2D eigenvalue weighted by Gasteiger charge is -2.12. The summed E-state index contributed by atoms with van der Waals surface area (Å²) in [7, 11) is 0. The monoisotopic (exact) mass is 368 g/mol. The Balaban J connectivity index is 1.82. The Morgan fingerprint density at radius 1 is 1.30 bits per heavy atom. The van der Waals surface area contributed by atoms with E-state index in [0.717, 1.165) is 24.0 Å². The van der Waals surface area contributed by atoms with Crippen molar-refractivity contribution in [2.75, 3.05) is 13.2 Å². The Labute approximate surface area is 156 Å². The van der Waals surface area contributed by atoms with Crippen LogP contribution in [0.25, 0.3) is 22.2 Å². The molecule has 1 aliphatic rings. The van der Waals surface area contributed by atoms with Gasteiger partial charge < -0.3 is 14.5 Å². The molecule has 1 saturated carbocycles. The third-order valence-corrected chi connectivity index (χ3v) is 4.76. The Kier molecular flexibility index (Phi) is 4.56. The molecular formula is C21H21FN2O3. The number of benzene rings is 1. The molecule has 0 unspecified atom stereocenters. The van der Waals surface area contributed by atoms with Gasteiger partial charge in [-0.2, -0.15) is 0 Å². The van der Waals surface area contributed by atoms with Crippen LogP contribution in [-0.4, -0.2) is 29.2 Å². The van der Waals surface area contributed by atoms with Crippen LogP contribution in [0.4, 0.5) is 4.39 Å². The molecule has 2 aromatic heterocycles. The molecule has 1 N–H and O–H groups in total. The minimum Gasteiger partial charge on any atom is -0.493 e. The molecule has 0 aliphatic heterocycles. The van der Waals surface area contributed by atoms with E-state index in [2.05, 4.69) is 9.97 Å². The van der Waals surface area contributed by atoms with Crippen LogP contribution < -0.4 is 4.74 Å². The zero-order valence-corrected chi connectivity index (χ0v) is 15.3. The highest BCUT2D eigenvalue weighted by molar-refractivity contribution is 6.07. The number of aryl methyl sites for hydroxylation is 1. The van der Waals surface area contributed by atoms with Crippen molar-refractivity contribution in [1.29, 1.82) is 0 Å². The van der Waals surface area contributed by atoms with E-state index in [1.165, 1.54) is 12.1 Å². The summed E-state index contributed by atoms with van der Waals surface area (Å²) in [6.45, 7) is 4.46. The fraction of sp³-hybridized carbons (Fsp3) is 0.333. The maximum absolute atomic E-state index is 13.8. The average molecular weight is 368 g/mol. The van der Waals surface area contributed by atoms with E-state index in [1.54, 1.807) is 19.2 Å². The standard InChI is InChI=1S/C21H21FN2O3/c1-3-26-21(25)18-12(2)24-19-16(8-9-23-20(18)19)15-7-6-14(22)10-17(15)27-11-13-4-5-13/h6-10,13,24H,3-5,11H2,1-2H3. The van der Waals surface area contributed by atoms with Crippen molar-refractivity contribution in [3.63, 3.8) is 0 Å². The number of ether oxygens (including phenoxy) is 2. The number of fused-ring (bicyclic) bond motifs is 1. The number of nitrogens with one attached hydrogen (secondary N) is 1. The van der Waals surface area contributed by atoms with Gasteiger partial charge in [-0.05, 0) is 50.8 Å². The molecule has 1 fully saturated rings. The number of esters is 1. The molecule has 27 heavy (non-hydrogen) atoms. The molecule has 0 spiro atoms. The third-order valence-electron chi connectivity index (χ3n) is 4.76. The van der Waals surface area contributed by atoms with Gasteiger partial charge in [0.05, 0.1) is 18.7 Å². The predicted molar refractivity (Wildman–Crippen MR) is 100 cm³/mol. The molecule has 1 aromatic carbocycles. The van der Waals surface area contributed by atoms with Gasteiger partial charge in [-0.15, -0.1) is 0 Å². The van der Waals surface area contributed by atoms with E-state index in [0.29, 0.717) is 47.2 Å². The summed E-state index contributed by atoms with van der Waals surface area (Å²) in [6.07, 6.45) is 3.95. The Bertz CT molecular complexity index is 1010. The maximum atomic E-state index is 13.8. The van der Waals surface area contributed by atoms with Crippen molar-refractivity contribution in [2.24, 2.45) is 5.92 Å². The van der Waals surface area contributed by atoms with Crippen molar-refractivity contribution in [3.8, 4) is 16.9 Å². The topological polar surface area (TPSA) is 64.2 Å².